The second-order valence-corrected chi connectivity index (χ2v) is 3.86. The van der Waals surface area contributed by atoms with E-state index in [2.05, 4.69) is 0 Å². The Morgan fingerprint density at radius 1 is 1.50 bits per heavy atom. The zero-order valence-corrected chi connectivity index (χ0v) is 9.43. The minimum atomic E-state index is -0.114. The number of hydrogen-bond donors (Lipinski definition) is 0. The summed E-state index contributed by atoms with van der Waals surface area (Å²) in [6.45, 7) is 1.87. The molecule has 0 fully saturated rings. The van der Waals surface area contributed by atoms with Crippen molar-refractivity contribution < 1.29 is 9.53 Å². The fourth-order valence-electron chi connectivity index (χ4n) is 1.34. The quantitative estimate of drug-likeness (QED) is 0.564. The van der Waals surface area contributed by atoms with Crippen LogP contribution >= 0.6 is 11.8 Å². The maximum atomic E-state index is 10.7. The number of ether oxygens (including phenoxy) is 1. The Morgan fingerprint density at radius 2 is 2.21 bits per heavy atom. The monoisotopic (exact) mass is 210 g/mol. The Morgan fingerprint density at radius 3 is 2.71 bits per heavy atom. The van der Waals surface area contributed by atoms with Crippen LogP contribution < -0.4 is 4.74 Å². The van der Waals surface area contributed by atoms with Gasteiger partial charge in [0.05, 0.1) is 7.11 Å². The lowest BCUT2D eigenvalue weighted by atomic mass is 10.0. The topological polar surface area (TPSA) is 26.3 Å². The molecule has 1 atom stereocenters. The molecule has 14 heavy (non-hydrogen) atoms. The van der Waals surface area contributed by atoms with Gasteiger partial charge in [-0.15, -0.1) is 11.8 Å². The van der Waals surface area contributed by atoms with E-state index in [1.54, 1.807) is 18.9 Å². The van der Waals surface area contributed by atoms with Gasteiger partial charge in [0.25, 0.3) is 0 Å². The first-order valence-electron chi connectivity index (χ1n) is 4.40. The van der Waals surface area contributed by atoms with Crippen LogP contribution in [0.5, 0.6) is 5.75 Å². The SMILES string of the molecule is COc1c(SC)cccc1C(C)C=O. The average molecular weight is 210 g/mol. The second kappa shape index (κ2) is 5.05. The summed E-state index contributed by atoms with van der Waals surface area (Å²) in [5.41, 5.74) is 0.953. The third-order valence-corrected chi connectivity index (χ3v) is 2.89. The Bertz CT molecular complexity index is 323. The van der Waals surface area contributed by atoms with Crippen molar-refractivity contribution in [2.45, 2.75) is 17.7 Å². The van der Waals surface area contributed by atoms with Crippen LogP contribution in [0.1, 0.15) is 18.4 Å². The van der Waals surface area contributed by atoms with Gasteiger partial charge in [-0.2, -0.15) is 0 Å². The first-order chi connectivity index (χ1) is 6.74. The summed E-state index contributed by atoms with van der Waals surface area (Å²) >= 11 is 1.62. The van der Waals surface area contributed by atoms with Crippen LogP contribution in [-0.4, -0.2) is 19.7 Å². The molecular formula is C11H14O2S. The van der Waals surface area contributed by atoms with E-state index >= 15 is 0 Å². The van der Waals surface area contributed by atoms with Crippen molar-refractivity contribution in [1.29, 1.82) is 0 Å². The summed E-state index contributed by atoms with van der Waals surface area (Å²) in [5, 5.41) is 0. The van der Waals surface area contributed by atoms with Gasteiger partial charge < -0.3 is 9.53 Å². The molecule has 0 spiro atoms. The van der Waals surface area contributed by atoms with Gasteiger partial charge in [-0.3, -0.25) is 0 Å². The van der Waals surface area contributed by atoms with Gasteiger partial charge in [0.2, 0.25) is 0 Å². The van der Waals surface area contributed by atoms with Gasteiger partial charge in [-0.05, 0) is 12.3 Å². The van der Waals surface area contributed by atoms with Crippen LogP contribution in [0.4, 0.5) is 0 Å². The van der Waals surface area contributed by atoms with Crippen LogP contribution in [0.2, 0.25) is 0 Å². The summed E-state index contributed by atoms with van der Waals surface area (Å²) in [7, 11) is 1.63. The number of carbonyl (C=O) groups is 1. The molecule has 0 aliphatic carbocycles. The highest BCUT2D eigenvalue weighted by atomic mass is 32.2. The summed E-state index contributed by atoms with van der Waals surface area (Å²) in [6.07, 6.45) is 2.93. The highest BCUT2D eigenvalue weighted by Gasteiger charge is 2.13. The molecule has 0 N–H and O–H groups in total. The van der Waals surface area contributed by atoms with E-state index in [4.69, 9.17) is 4.74 Å². The predicted octanol–water partition coefficient (Wildman–Crippen LogP) is 2.72. The minimum Gasteiger partial charge on any atom is -0.495 e. The van der Waals surface area contributed by atoms with Crippen molar-refractivity contribution >= 4 is 18.0 Å². The minimum absolute atomic E-state index is 0.114. The van der Waals surface area contributed by atoms with E-state index < -0.39 is 0 Å². The molecule has 76 valence electrons. The Labute approximate surface area is 88.7 Å². The molecule has 0 heterocycles. The molecule has 2 nitrogen and oxygen atoms in total. The number of para-hydroxylation sites is 1. The van der Waals surface area contributed by atoms with Crippen molar-refractivity contribution in [1.82, 2.24) is 0 Å². The number of benzene rings is 1. The molecule has 1 rings (SSSR count). The summed E-state index contributed by atoms with van der Waals surface area (Å²) in [4.78, 5) is 11.8. The Hall–Kier alpha value is -0.960. The summed E-state index contributed by atoms with van der Waals surface area (Å²) < 4.78 is 5.31. The fourth-order valence-corrected chi connectivity index (χ4v) is 1.95. The van der Waals surface area contributed by atoms with Crippen molar-refractivity contribution in [2.24, 2.45) is 0 Å². The van der Waals surface area contributed by atoms with Gasteiger partial charge in [-0.1, -0.05) is 19.1 Å². The second-order valence-electron chi connectivity index (χ2n) is 3.01. The molecule has 0 saturated carbocycles. The number of aldehydes is 1. The predicted molar refractivity (Wildman–Crippen MR) is 59.3 cm³/mol. The zero-order chi connectivity index (χ0) is 10.6. The van der Waals surface area contributed by atoms with E-state index in [-0.39, 0.29) is 5.92 Å². The first-order valence-corrected chi connectivity index (χ1v) is 5.63. The molecule has 0 bridgehead atoms. The largest absolute Gasteiger partial charge is 0.495 e. The van der Waals surface area contributed by atoms with E-state index in [1.165, 1.54) is 0 Å². The molecule has 1 unspecified atom stereocenters. The van der Waals surface area contributed by atoms with Gasteiger partial charge >= 0.3 is 0 Å². The Kier molecular flexibility index (Phi) is 4.01. The third kappa shape index (κ3) is 2.10. The molecule has 0 aliphatic rings. The smallest absolute Gasteiger partial charge is 0.136 e. The Balaban J connectivity index is 3.21. The lowest BCUT2D eigenvalue weighted by Gasteiger charge is -2.13. The highest BCUT2D eigenvalue weighted by molar-refractivity contribution is 7.98. The van der Waals surface area contributed by atoms with Crippen molar-refractivity contribution in [3.8, 4) is 5.75 Å². The van der Waals surface area contributed by atoms with E-state index in [0.717, 1.165) is 22.5 Å². The molecule has 0 amide bonds. The van der Waals surface area contributed by atoms with Crippen LogP contribution in [0, 0.1) is 0 Å². The van der Waals surface area contributed by atoms with Crippen molar-refractivity contribution in [3.63, 3.8) is 0 Å². The first kappa shape index (κ1) is 11.1. The number of hydrogen-bond acceptors (Lipinski definition) is 3. The van der Waals surface area contributed by atoms with E-state index in [1.807, 2.05) is 31.4 Å². The molecule has 0 aliphatic heterocycles. The number of carbonyl (C=O) groups excluding carboxylic acids is 1. The van der Waals surface area contributed by atoms with Gasteiger partial charge in [0.1, 0.15) is 12.0 Å². The molecule has 0 saturated heterocycles. The molecule has 0 radical (unpaired) electrons. The highest BCUT2D eigenvalue weighted by Crippen LogP contribution is 2.34. The van der Waals surface area contributed by atoms with Crippen LogP contribution in [0.25, 0.3) is 0 Å². The number of methoxy groups -OCH3 is 1. The molecule has 1 aromatic rings. The molecular weight excluding hydrogens is 196 g/mol. The number of thioether (sulfide) groups is 1. The van der Waals surface area contributed by atoms with Crippen LogP contribution in [-0.2, 0) is 4.79 Å². The van der Waals surface area contributed by atoms with Crippen LogP contribution in [0.15, 0.2) is 23.1 Å². The lowest BCUT2D eigenvalue weighted by molar-refractivity contribution is -0.108. The fraction of sp³-hybridized carbons (Fsp3) is 0.364. The standard InChI is InChI=1S/C11H14O2S/c1-8(7-12)9-5-4-6-10(14-3)11(9)13-2/h4-8H,1-3H3. The summed E-state index contributed by atoms with van der Waals surface area (Å²) in [6, 6.07) is 5.87. The third-order valence-electron chi connectivity index (χ3n) is 2.13. The van der Waals surface area contributed by atoms with E-state index in [0.29, 0.717) is 0 Å². The summed E-state index contributed by atoms with van der Waals surface area (Å²) in [5.74, 6) is 0.705. The lowest BCUT2D eigenvalue weighted by Crippen LogP contribution is -1.99. The molecule has 0 aromatic heterocycles. The maximum absolute atomic E-state index is 10.7. The number of rotatable bonds is 4. The van der Waals surface area contributed by atoms with Gasteiger partial charge in [0, 0.05) is 16.4 Å². The average Bonchev–Trinajstić information content (AvgIpc) is 2.26. The van der Waals surface area contributed by atoms with Crippen molar-refractivity contribution in [2.75, 3.05) is 13.4 Å². The zero-order valence-electron chi connectivity index (χ0n) is 8.61. The van der Waals surface area contributed by atoms with Gasteiger partial charge in [-0.25, -0.2) is 0 Å². The molecule has 3 heteroatoms. The van der Waals surface area contributed by atoms with Gasteiger partial charge in [0.15, 0.2) is 0 Å². The normalized spacial score (nSPS) is 12.2. The molecule has 1 aromatic carbocycles. The van der Waals surface area contributed by atoms with Crippen LogP contribution in [0.3, 0.4) is 0 Å². The maximum Gasteiger partial charge on any atom is 0.136 e. The van der Waals surface area contributed by atoms with E-state index in [9.17, 15) is 4.79 Å². The van der Waals surface area contributed by atoms with Crippen molar-refractivity contribution in [3.05, 3.63) is 23.8 Å².